The van der Waals surface area contributed by atoms with Crippen LogP contribution >= 0.6 is 0 Å². The molecule has 6 nitrogen and oxygen atoms in total. The number of carbonyl (C=O) groups excluding carboxylic acids is 1. The van der Waals surface area contributed by atoms with Crippen molar-refractivity contribution >= 4 is 6.09 Å². The van der Waals surface area contributed by atoms with Gasteiger partial charge in [-0.3, -0.25) is 0 Å². The molecule has 0 aliphatic heterocycles. The Morgan fingerprint density at radius 2 is 1.53 bits per heavy atom. The zero-order chi connectivity index (χ0) is 23.2. The number of benzene rings is 2. The van der Waals surface area contributed by atoms with Crippen LogP contribution in [0.3, 0.4) is 0 Å². The summed E-state index contributed by atoms with van der Waals surface area (Å²) in [7, 11) is 0. The summed E-state index contributed by atoms with van der Waals surface area (Å²) in [4.78, 5) is 12.0. The molecule has 0 unspecified atom stereocenters. The predicted molar refractivity (Wildman–Crippen MR) is 125 cm³/mol. The molecule has 0 saturated carbocycles. The Balaban J connectivity index is 2.04. The lowest BCUT2D eigenvalue weighted by Crippen LogP contribution is -2.37. The Kier molecular flexibility index (Phi) is 10.9. The quantitative estimate of drug-likeness (QED) is 0.470. The van der Waals surface area contributed by atoms with Crippen molar-refractivity contribution in [2.45, 2.75) is 58.2 Å². The van der Waals surface area contributed by atoms with Crippen molar-refractivity contribution in [3.8, 4) is 0 Å². The van der Waals surface area contributed by atoms with E-state index in [1.54, 1.807) is 6.08 Å². The van der Waals surface area contributed by atoms with E-state index in [0.717, 1.165) is 11.1 Å². The molecule has 2 rings (SSSR count). The molecule has 2 atom stereocenters. The zero-order valence-corrected chi connectivity index (χ0v) is 19.2. The lowest BCUT2D eigenvalue weighted by Gasteiger charge is -2.26. The average Bonchev–Trinajstić information content (AvgIpc) is 2.77. The summed E-state index contributed by atoms with van der Waals surface area (Å²) in [6, 6.07) is 19.8. The molecule has 0 heterocycles. The molecule has 0 radical (unpaired) electrons. The number of hydrogen-bond acceptors (Lipinski definition) is 5. The summed E-state index contributed by atoms with van der Waals surface area (Å²) in [6.07, 6.45) is 2.78. The second-order valence-corrected chi connectivity index (χ2v) is 8.42. The van der Waals surface area contributed by atoms with E-state index in [2.05, 4.69) is 5.32 Å². The maximum Gasteiger partial charge on any atom is 0.407 e. The lowest BCUT2D eigenvalue weighted by atomic mass is 10.1. The molecule has 2 aromatic carbocycles. The third-order valence-corrected chi connectivity index (χ3v) is 4.49. The third-order valence-electron chi connectivity index (χ3n) is 4.49. The highest BCUT2D eigenvalue weighted by molar-refractivity contribution is 5.67. The topological polar surface area (TPSA) is 77.0 Å². The molecule has 0 aromatic heterocycles. The van der Waals surface area contributed by atoms with E-state index in [9.17, 15) is 9.90 Å². The standard InChI is InChI=1S/C26H35NO5/c1-26(2,3)32-25(29)27-17-16-24(31-20-22-13-8-5-9-14-22)23(15-10-18-28)30-19-21-11-6-4-7-12-21/h4-15,23-24,28H,16-20H2,1-3H3,(H,27,29)/b15-10+/t23-,24-/m1/s1. The summed E-state index contributed by atoms with van der Waals surface area (Å²) < 4.78 is 17.7. The molecule has 0 fully saturated rings. The van der Waals surface area contributed by atoms with Crippen molar-refractivity contribution in [3.63, 3.8) is 0 Å². The normalized spacial score (nSPS) is 13.6. The lowest BCUT2D eigenvalue weighted by molar-refractivity contribution is -0.0676. The molecular formula is C26H35NO5. The van der Waals surface area contributed by atoms with Crippen LogP contribution in [0.5, 0.6) is 0 Å². The first kappa shape index (κ1) is 25.6. The minimum Gasteiger partial charge on any atom is -0.444 e. The fourth-order valence-electron chi connectivity index (χ4n) is 3.00. The summed E-state index contributed by atoms with van der Waals surface area (Å²) in [5, 5.41) is 12.1. The monoisotopic (exact) mass is 441 g/mol. The number of alkyl carbamates (subject to hydrolysis) is 1. The Labute approximate surface area is 191 Å². The maximum atomic E-state index is 12.0. The van der Waals surface area contributed by atoms with Crippen LogP contribution in [0.25, 0.3) is 0 Å². The van der Waals surface area contributed by atoms with Gasteiger partial charge in [0, 0.05) is 6.54 Å². The molecule has 2 aromatic rings. The molecule has 0 aliphatic carbocycles. The molecule has 0 aliphatic rings. The molecule has 174 valence electrons. The van der Waals surface area contributed by atoms with Crippen LogP contribution in [-0.4, -0.2) is 42.2 Å². The fraction of sp³-hybridized carbons (Fsp3) is 0.423. The summed E-state index contributed by atoms with van der Waals surface area (Å²) in [5.41, 5.74) is 1.53. The van der Waals surface area contributed by atoms with Gasteiger partial charge in [-0.1, -0.05) is 72.8 Å². The number of rotatable bonds is 12. The van der Waals surface area contributed by atoms with Gasteiger partial charge >= 0.3 is 6.09 Å². The molecule has 1 amide bonds. The highest BCUT2D eigenvalue weighted by Gasteiger charge is 2.22. The third kappa shape index (κ3) is 10.6. The Morgan fingerprint density at radius 1 is 0.969 bits per heavy atom. The van der Waals surface area contributed by atoms with Gasteiger partial charge in [-0.2, -0.15) is 0 Å². The zero-order valence-electron chi connectivity index (χ0n) is 19.2. The first-order valence-electron chi connectivity index (χ1n) is 10.9. The van der Waals surface area contributed by atoms with Crippen LogP contribution in [0.1, 0.15) is 38.3 Å². The molecule has 0 saturated heterocycles. The minimum absolute atomic E-state index is 0.0905. The average molecular weight is 442 g/mol. The SMILES string of the molecule is CC(C)(C)OC(=O)NCC[C@@H](OCc1ccccc1)[C@@H](/C=C/CO)OCc1ccccc1. The highest BCUT2D eigenvalue weighted by Crippen LogP contribution is 2.16. The second-order valence-electron chi connectivity index (χ2n) is 8.42. The maximum absolute atomic E-state index is 12.0. The number of carbonyl (C=O) groups is 1. The minimum atomic E-state index is -0.557. The van der Waals surface area contributed by atoms with E-state index in [-0.39, 0.29) is 12.7 Å². The Morgan fingerprint density at radius 3 is 2.06 bits per heavy atom. The largest absolute Gasteiger partial charge is 0.444 e. The second kappa shape index (κ2) is 13.7. The van der Waals surface area contributed by atoms with Crippen LogP contribution in [0, 0.1) is 0 Å². The van der Waals surface area contributed by atoms with Crippen LogP contribution in [0.2, 0.25) is 0 Å². The molecule has 6 heteroatoms. The van der Waals surface area contributed by atoms with Gasteiger partial charge in [0.05, 0.1) is 25.9 Å². The first-order valence-corrected chi connectivity index (χ1v) is 10.9. The van der Waals surface area contributed by atoms with E-state index in [1.807, 2.05) is 87.5 Å². The van der Waals surface area contributed by atoms with Crippen LogP contribution < -0.4 is 5.32 Å². The number of aliphatic hydroxyl groups excluding tert-OH is 1. The number of ether oxygens (including phenoxy) is 3. The number of hydrogen-bond donors (Lipinski definition) is 2. The highest BCUT2D eigenvalue weighted by atomic mass is 16.6. The number of nitrogens with one attached hydrogen (secondary N) is 1. The molecule has 0 bridgehead atoms. The number of aliphatic hydroxyl groups is 1. The van der Waals surface area contributed by atoms with E-state index in [4.69, 9.17) is 14.2 Å². The van der Waals surface area contributed by atoms with Crippen molar-refractivity contribution in [2.24, 2.45) is 0 Å². The summed E-state index contributed by atoms with van der Waals surface area (Å²) in [6.45, 7) is 6.57. The van der Waals surface area contributed by atoms with Gasteiger partial charge < -0.3 is 24.6 Å². The van der Waals surface area contributed by atoms with Crippen LogP contribution in [-0.2, 0) is 27.4 Å². The van der Waals surface area contributed by atoms with Gasteiger partial charge in [-0.05, 0) is 38.3 Å². The van der Waals surface area contributed by atoms with Crippen molar-refractivity contribution in [2.75, 3.05) is 13.2 Å². The van der Waals surface area contributed by atoms with E-state index in [1.165, 1.54) is 0 Å². The summed E-state index contributed by atoms with van der Waals surface area (Å²) >= 11 is 0. The molecule has 32 heavy (non-hydrogen) atoms. The predicted octanol–water partition coefficient (Wildman–Crippen LogP) is 4.62. The van der Waals surface area contributed by atoms with Crippen LogP contribution in [0.4, 0.5) is 4.79 Å². The Bertz CT molecular complexity index is 802. The molecular weight excluding hydrogens is 406 g/mol. The summed E-state index contributed by atoms with van der Waals surface area (Å²) in [5.74, 6) is 0. The van der Waals surface area contributed by atoms with E-state index < -0.39 is 17.8 Å². The fourth-order valence-corrected chi connectivity index (χ4v) is 3.00. The smallest absolute Gasteiger partial charge is 0.407 e. The van der Waals surface area contributed by atoms with Crippen molar-refractivity contribution in [3.05, 3.63) is 83.9 Å². The van der Waals surface area contributed by atoms with Gasteiger partial charge in [-0.25, -0.2) is 4.79 Å². The Hall–Kier alpha value is -2.67. The van der Waals surface area contributed by atoms with Crippen LogP contribution in [0.15, 0.2) is 72.8 Å². The van der Waals surface area contributed by atoms with Gasteiger partial charge in [0.15, 0.2) is 0 Å². The number of amides is 1. The van der Waals surface area contributed by atoms with Crippen molar-refractivity contribution < 1.29 is 24.1 Å². The van der Waals surface area contributed by atoms with Crippen molar-refractivity contribution in [1.29, 1.82) is 0 Å². The van der Waals surface area contributed by atoms with Gasteiger partial charge in [-0.15, -0.1) is 0 Å². The van der Waals surface area contributed by atoms with Gasteiger partial charge in [0.1, 0.15) is 11.7 Å². The van der Waals surface area contributed by atoms with Gasteiger partial charge in [0.25, 0.3) is 0 Å². The van der Waals surface area contributed by atoms with Crippen molar-refractivity contribution in [1.82, 2.24) is 5.32 Å². The van der Waals surface area contributed by atoms with Gasteiger partial charge in [0.2, 0.25) is 0 Å². The van der Waals surface area contributed by atoms with E-state index in [0.29, 0.717) is 26.2 Å². The molecule has 2 N–H and O–H groups in total. The molecule has 0 spiro atoms. The van der Waals surface area contributed by atoms with E-state index >= 15 is 0 Å². The first-order chi connectivity index (χ1) is 15.4.